The minimum Gasteiger partial charge on any atom is -0.483 e. The lowest BCUT2D eigenvalue weighted by Gasteiger charge is -2.14. The number of para-hydroxylation sites is 1. The molecular weight excluding hydrogens is 348 g/mol. The highest BCUT2D eigenvalue weighted by Crippen LogP contribution is 2.25. The SMILES string of the molecule is COC(=O)c1ccc(C(=O)NNC(=O)COc2ccccc2C(C)C)cc1. The average molecular weight is 370 g/mol. The van der Waals surface area contributed by atoms with Gasteiger partial charge in [-0.05, 0) is 41.8 Å². The molecule has 2 aromatic rings. The number of carbonyl (C=O) groups excluding carboxylic acids is 3. The number of benzene rings is 2. The molecule has 0 aromatic heterocycles. The van der Waals surface area contributed by atoms with Gasteiger partial charge in [0.05, 0.1) is 12.7 Å². The first-order chi connectivity index (χ1) is 12.9. The van der Waals surface area contributed by atoms with Crippen molar-refractivity contribution in [1.82, 2.24) is 10.9 Å². The molecule has 2 aromatic carbocycles. The number of amides is 2. The molecule has 0 aliphatic heterocycles. The van der Waals surface area contributed by atoms with Gasteiger partial charge in [0.1, 0.15) is 5.75 Å². The smallest absolute Gasteiger partial charge is 0.337 e. The summed E-state index contributed by atoms with van der Waals surface area (Å²) in [6.07, 6.45) is 0. The number of hydrazine groups is 1. The summed E-state index contributed by atoms with van der Waals surface area (Å²) in [5.74, 6) is -0.603. The molecule has 27 heavy (non-hydrogen) atoms. The fourth-order valence-corrected chi connectivity index (χ4v) is 2.34. The maximum atomic E-state index is 12.0. The molecule has 0 aliphatic carbocycles. The highest BCUT2D eigenvalue weighted by molar-refractivity contribution is 5.97. The third kappa shape index (κ3) is 5.57. The molecule has 0 spiro atoms. The lowest BCUT2D eigenvalue weighted by atomic mass is 10.0. The number of hydrogen-bond acceptors (Lipinski definition) is 5. The van der Waals surface area contributed by atoms with Crippen molar-refractivity contribution >= 4 is 17.8 Å². The molecule has 0 unspecified atom stereocenters. The van der Waals surface area contributed by atoms with E-state index in [-0.39, 0.29) is 18.1 Å². The maximum Gasteiger partial charge on any atom is 0.337 e. The first kappa shape index (κ1) is 20.0. The molecule has 0 atom stereocenters. The second kappa shape index (κ2) is 9.38. The predicted molar refractivity (Wildman–Crippen MR) is 99.4 cm³/mol. The van der Waals surface area contributed by atoms with Crippen LogP contribution in [0.1, 0.15) is 46.0 Å². The fourth-order valence-electron chi connectivity index (χ4n) is 2.34. The maximum absolute atomic E-state index is 12.0. The minimum atomic E-state index is -0.512. The van der Waals surface area contributed by atoms with Gasteiger partial charge in [0.2, 0.25) is 0 Å². The van der Waals surface area contributed by atoms with Gasteiger partial charge >= 0.3 is 5.97 Å². The number of carbonyl (C=O) groups is 3. The molecular formula is C20H22N2O5. The van der Waals surface area contributed by atoms with Crippen LogP contribution in [0.5, 0.6) is 5.75 Å². The summed E-state index contributed by atoms with van der Waals surface area (Å²) < 4.78 is 10.1. The Balaban J connectivity index is 1.85. The lowest BCUT2D eigenvalue weighted by Crippen LogP contribution is -2.43. The topological polar surface area (TPSA) is 93.7 Å². The van der Waals surface area contributed by atoms with Gasteiger partial charge in [-0.25, -0.2) is 4.79 Å². The van der Waals surface area contributed by atoms with E-state index in [4.69, 9.17) is 4.74 Å². The van der Waals surface area contributed by atoms with Crippen molar-refractivity contribution in [2.75, 3.05) is 13.7 Å². The van der Waals surface area contributed by atoms with E-state index in [9.17, 15) is 14.4 Å². The van der Waals surface area contributed by atoms with Gasteiger partial charge in [0, 0.05) is 5.56 Å². The highest BCUT2D eigenvalue weighted by atomic mass is 16.5. The van der Waals surface area contributed by atoms with Crippen LogP contribution in [0, 0.1) is 0 Å². The summed E-state index contributed by atoms with van der Waals surface area (Å²) in [5, 5.41) is 0. The van der Waals surface area contributed by atoms with E-state index in [0.29, 0.717) is 11.3 Å². The summed E-state index contributed by atoms with van der Waals surface area (Å²) in [6.45, 7) is 3.84. The van der Waals surface area contributed by atoms with Gasteiger partial charge in [-0.2, -0.15) is 0 Å². The molecule has 0 aliphatic rings. The van der Waals surface area contributed by atoms with E-state index in [1.165, 1.54) is 31.4 Å². The lowest BCUT2D eigenvalue weighted by molar-refractivity contribution is -0.123. The van der Waals surface area contributed by atoms with Crippen LogP contribution in [0.25, 0.3) is 0 Å². The average Bonchev–Trinajstić information content (AvgIpc) is 2.70. The van der Waals surface area contributed by atoms with Crippen molar-refractivity contribution in [2.45, 2.75) is 19.8 Å². The van der Waals surface area contributed by atoms with Crippen LogP contribution < -0.4 is 15.6 Å². The molecule has 2 rings (SSSR count). The van der Waals surface area contributed by atoms with Gasteiger partial charge in [0.15, 0.2) is 6.61 Å². The predicted octanol–water partition coefficient (Wildman–Crippen LogP) is 2.44. The normalized spacial score (nSPS) is 10.2. The van der Waals surface area contributed by atoms with Crippen LogP contribution in [-0.4, -0.2) is 31.5 Å². The Labute approximate surface area is 157 Å². The van der Waals surface area contributed by atoms with Crippen molar-refractivity contribution in [1.29, 1.82) is 0 Å². The van der Waals surface area contributed by atoms with Crippen LogP contribution in [0.2, 0.25) is 0 Å². The summed E-state index contributed by atoms with van der Waals surface area (Å²) >= 11 is 0. The van der Waals surface area contributed by atoms with Gasteiger partial charge < -0.3 is 9.47 Å². The Morgan fingerprint density at radius 2 is 1.56 bits per heavy atom. The zero-order valence-electron chi connectivity index (χ0n) is 15.4. The number of nitrogens with one attached hydrogen (secondary N) is 2. The molecule has 7 nitrogen and oxygen atoms in total. The van der Waals surface area contributed by atoms with E-state index in [1.807, 2.05) is 32.0 Å². The second-order valence-electron chi connectivity index (χ2n) is 6.05. The molecule has 0 radical (unpaired) electrons. The zero-order valence-corrected chi connectivity index (χ0v) is 15.4. The summed E-state index contributed by atoms with van der Waals surface area (Å²) in [7, 11) is 1.28. The monoisotopic (exact) mass is 370 g/mol. The second-order valence-corrected chi connectivity index (χ2v) is 6.05. The largest absolute Gasteiger partial charge is 0.483 e. The first-order valence-corrected chi connectivity index (χ1v) is 8.41. The van der Waals surface area contributed by atoms with Crippen molar-refractivity contribution in [3.05, 3.63) is 65.2 Å². The number of hydrogen-bond donors (Lipinski definition) is 2. The standard InChI is InChI=1S/C20H22N2O5/c1-13(2)16-6-4-5-7-17(16)27-12-18(23)21-22-19(24)14-8-10-15(11-9-14)20(25)26-3/h4-11,13H,12H2,1-3H3,(H,21,23)(H,22,24). The Hall–Kier alpha value is -3.35. The summed E-state index contributed by atoms with van der Waals surface area (Å²) in [4.78, 5) is 35.3. The van der Waals surface area contributed by atoms with Crippen LogP contribution in [0.4, 0.5) is 0 Å². The molecule has 142 valence electrons. The Bertz CT molecular complexity index is 815. The van der Waals surface area contributed by atoms with E-state index in [1.54, 1.807) is 6.07 Å². The fraction of sp³-hybridized carbons (Fsp3) is 0.250. The number of methoxy groups -OCH3 is 1. The third-order valence-corrected chi connectivity index (χ3v) is 3.78. The van der Waals surface area contributed by atoms with Crippen molar-refractivity contribution < 1.29 is 23.9 Å². The van der Waals surface area contributed by atoms with E-state index >= 15 is 0 Å². The Kier molecular flexibility index (Phi) is 6.93. The van der Waals surface area contributed by atoms with Gasteiger partial charge in [-0.1, -0.05) is 32.0 Å². The number of ether oxygens (including phenoxy) is 2. The Morgan fingerprint density at radius 3 is 2.19 bits per heavy atom. The van der Waals surface area contributed by atoms with Crippen molar-refractivity contribution in [2.24, 2.45) is 0 Å². The molecule has 0 saturated carbocycles. The Morgan fingerprint density at radius 1 is 0.926 bits per heavy atom. The van der Waals surface area contributed by atoms with E-state index < -0.39 is 17.8 Å². The van der Waals surface area contributed by atoms with Crippen molar-refractivity contribution in [3.8, 4) is 5.75 Å². The third-order valence-electron chi connectivity index (χ3n) is 3.78. The first-order valence-electron chi connectivity index (χ1n) is 8.41. The van der Waals surface area contributed by atoms with Gasteiger partial charge in [0.25, 0.3) is 11.8 Å². The number of esters is 1. The molecule has 2 amide bonds. The van der Waals surface area contributed by atoms with Gasteiger partial charge in [-0.3, -0.25) is 20.4 Å². The van der Waals surface area contributed by atoms with Crippen molar-refractivity contribution in [3.63, 3.8) is 0 Å². The van der Waals surface area contributed by atoms with Crippen LogP contribution in [-0.2, 0) is 9.53 Å². The molecule has 0 heterocycles. The van der Waals surface area contributed by atoms with Crippen LogP contribution in [0.3, 0.4) is 0 Å². The number of rotatable bonds is 6. The highest BCUT2D eigenvalue weighted by Gasteiger charge is 2.12. The van der Waals surface area contributed by atoms with E-state index in [0.717, 1.165) is 5.56 Å². The zero-order chi connectivity index (χ0) is 19.8. The molecule has 2 N–H and O–H groups in total. The van der Waals surface area contributed by atoms with E-state index in [2.05, 4.69) is 15.6 Å². The van der Waals surface area contributed by atoms with Gasteiger partial charge in [-0.15, -0.1) is 0 Å². The summed E-state index contributed by atoms with van der Waals surface area (Å²) in [6, 6.07) is 13.3. The van der Waals surface area contributed by atoms with Crippen LogP contribution in [0.15, 0.2) is 48.5 Å². The molecule has 0 bridgehead atoms. The van der Waals surface area contributed by atoms with Crippen LogP contribution >= 0.6 is 0 Å². The minimum absolute atomic E-state index is 0.231. The molecule has 0 saturated heterocycles. The quantitative estimate of drug-likeness (QED) is 0.602. The molecule has 0 fully saturated rings. The summed E-state index contributed by atoms with van der Waals surface area (Å²) in [5.41, 5.74) is 6.21. The molecule has 7 heteroatoms.